The number of halogens is 4. The molecule has 0 saturated carbocycles. The normalized spacial score (nSPS) is 12.7. The summed E-state index contributed by atoms with van der Waals surface area (Å²) in [6, 6.07) is 17.7. The summed E-state index contributed by atoms with van der Waals surface area (Å²) in [6.45, 7) is 0. The zero-order valence-corrected chi connectivity index (χ0v) is 15.8. The van der Waals surface area contributed by atoms with E-state index in [9.17, 15) is 21.6 Å². The van der Waals surface area contributed by atoms with Crippen LogP contribution in [0.25, 0.3) is 32.3 Å². The minimum absolute atomic E-state index is 0.114. The molecule has 138 valence electrons. The summed E-state index contributed by atoms with van der Waals surface area (Å²) >= 11 is 3.13. The van der Waals surface area contributed by atoms with Gasteiger partial charge in [0.1, 0.15) is 0 Å². The van der Waals surface area contributed by atoms with E-state index in [2.05, 4.69) is 20.1 Å². The Morgan fingerprint density at radius 1 is 0.741 bits per heavy atom. The third kappa shape index (κ3) is 2.83. The van der Waals surface area contributed by atoms with Gasteiger partial charge in [-0.25, -0.2) is 0 Å². The van der Waals surface area contributed by atoms with Gasteiger partial charge in [-0.05, 0) is 48.9 Å². The van der Waals surface area contributed by atoms with Gasteiger partial charge in [0.2, 0.25) is 0 Å². The first-order chi connectivity index (χ1) is 12.7. The number of benzene rings is 4. The zero-order chi connectivity index (χ0) is 19.4. The molecule has 0 aliphatic carbocycles. The van der Waals surface area contributed by atoms with Crippen LogP contribution >= 0.6 is 15.9 Å². The molecule has 4 rings (SSSR count). The molecular weight excluding hydrogens is 445 g/mol. The highest BCUT2D eigenvalue weighted by molar-refractivity contribution is 9.10. The van der Waals surface area contributed by atoms with Crippen molar-refractivity contribution in [2.75, 3.05) is 0 Å². The Kier molecular flexibility index (Phi) is 4.08. The maximum Gasteiger partial charge on any atom is 0.534 e. The summed E-state index contributed by atoms with van der Waals surface area (Å²) in [5.41, 5.74) is -5.53. The molecule has 27 heavy (non-hydrogen) atoms. The van der Waals surface area contributed by atoms with E-state index in [1.807, 2.05) is 36.4 Å². The summed E-state index contributed by atoms with van der Waals surface area (Å²) in [5, 5.41) is 3.97. The first-order valence-electron chi connectivity index (χ1n) is 7.73. The van der Waals surface area contributed by atoms with E-state index in [1.165, 1.54) is 6.07 Å². The summed E-state index contributed by atoms with van der Waals surface area (Å²) in [6.07, 6.45) is 0. The highest BCUT2D eigenvalue weighted by Gasteiger charge is 2.49. The Labute approximate surface area is 160 Å². The van der Waals surface area contributed by atoms with Crippen molar-refractivity contribution >= 4 is 58.4 Å². The maximum absolute atomic E-state index is 12.9. The van der Waals surface area contributed by atoms with E-state index in [4.69, 9.17) is 0 Å². The third-order valence-corrected chi connectivity index (χ3v) is 5.87. The van der Waals surface area contributed by atoms with Crippen molar-refractivity contribution in [3.63, 3.8) is 0 Å². The number of hydrogen-bond acceptors (Lipinski definition) is 3. The van der Waals surface area contributed by atoms with Crippen LogP contribution < -0.4 is 4.18 Å². The molecule has 3 nitrogen and oxygen atoms in total. The second-order valence-corrected chi connectivity index (χ2v) is 8.27. The second kappa shape index (κ2) is 6.10. The predicted octanol–water partition coefficient (Wildman–Crippen LogP) is 6.14. The largest absolute Gasteiger partial charge is 0.534 e. The Balaban J connectivity index is 2.20. The van der Waals surface area contributed by atoms with Crippen LogP contribution in [-0.4, -0.2) is 13.9 Å². The molecule has 4 aromatic rings. The Morgan fingerprint density at radius 3 is 1.70 bits per heavy atom. The zero-order valence-electron chi connectivity index (χ0n) is 13.4. The van der Waals surface area contributed by atoms with Crippen molar-refractivity contribution in [1.29, 1.82) is 0 Å². The lowest BCUT2D eigenvalue weighted by Crippen LogP contribution is -2.28. The molecule has 0 saturated heterocycles. The highest BCUT2D eigenvalue weighted by atomic mass is 79.9. The summed E-state index contributed by atoms with van der Waals surface area (Å²) in [5.74, 6) is -0.383. The van der Waals surface area contributed by atoms with Gasteiger partial charge in [-0.3, -0.25) is 0 Å². The molecule has 0 radical (unpaired) electrons. The lowest BCUT2D eigenvalue weighted by molar-refractivity contribution is -0.0499. The lowest BCUT2D eigenvalue weighted by atomic mass is 9.94. The van der Waals surface area contributed by atoms with E-state index in [0.717, 1.165) is 16.2 Å². The minimum atomic E-state index is -5.82. The van der Waals surface area contributed by atoms with Gasteiger partial charge in [-0.2, -0.15) is 21.6 Å². The van der Waals surface area contributed by atoms with E-state index >= 15 is 0 Å². The molecule has 0 atom stereocenters. The summed E-state index contributed by atoms with van der Waals surface area (Å²) in [4.78, 5) is 0. The molecule has 8 heteroatoms. The summed E-state index contributed by atoms with van der Waals surface area (Å²) < 4.78 is 66.6. The van der Waals surface area contributed by atoms with Gasteiger partial charge in [0, 0.05) is 5.39 Å². The topological polar surface area (TPSA) is 43.4 Å². The minimum Gasteiger partial charge on any atom is -0.374 e. The molecule has 0 amide bonds. The molecular formula is C19H10BrF3O3S. The lowest BCUT2D eigenvalue weighted by Gasteiger charge is -2.16. The standard InChI is InChI=1S/C19H10BrF3O3S/c20-16-10-9-15-13-7-2-1-5-11(13)12-6-3-4-8-14(12)17(15)18(16)26-27(24,25)19(21,22)23/h1-10H. The smallest absolute Gasteiger partial charge is 0.374 e. The van der Waals surface area contributed by atoms with Gasteiger partial charge in [0.05, 0.1) is 4.47 Å². The monoisotopic (exact) mass is 454 g/mol. The second-order valence-electron chi connectivity index (χ2n) is 5.87. The van der Waals surface area contributed by atoms with Crippen LogP contribution in [0.5, 0.6) is 5.75 Å². The van der Waals surface area contributed by atoms with Crippen molar-refractivity contribution in [2.45, 2.75) is 5.51 Å². The van der Waals surface area contributed by atoms with Crippen LogP contribution in [0.1, 0.15) is 0 Å². The van der Waals surface area contributed by atoms with Gasteiger partial charge in [0.15, 0.2) is 5.75 Å². The van der Waals surface area contributed by atoms with E-state index in [1.54, 1.807) is 18.2 Å². The molecule has 0 aliphatic heterocycles. The highest BCUT2D eigenvalue weighted by Crippen LogP contribution is 2.44. The van der Waals surface area contributed by atoms with Crippen LogP contribution in [0, 0.1) is 0 Å². The van der Waals surface area contributed by atoms with Crippen LogP contribution in [0.15, 0.2) is 65.1 Å². The third-order valence-electron chi connectivity index (χ3n) is 4.29. The fourth-order valence-electron chi connectivity index (χ4n) is 3.18. The first kappa shape index (κ1) is 18.1. The fourth-order valence-corrected chi connectivity index (χ4v) is 4.18. The van der Waals surface area contributed by atoms with Crippen molar-refractivity contribution in [3.8, 4) is 5.75 Å². The van der Waals surface area contributed by atoms with Crippen molar-refractivity contribution in [2.24, 2.45) is 0 Å². The molecule has 0 aliphatic rings. The number of hydrogen-bond donors (Lipinski definition) is 0. The number of rotatable bonds is 2. The quantitative estimate of drug-likeness (QED) is 0.207. The number of fused-ring (bicyclic) bond motifs is 6. The average Bonchev–Trinajstić information content (AvgIpc) is 2.62. The first-order valence-corrected chi connectivity index (χ1v) is 9.93. The average molecular weight is 455 g/mol. The summed E-state index contributed by atoms with van der Waals surface area (Å²) in [7, 11) is -5.82. The molecule has 0 N–H and O–H groups in total. The van der Waals surface area contributed by atoms with Gasteiger partial charge in [0.25, 0.3) is 0 Å². The van der Waals surface area contributed by atoms with Gasteiger partial charge in [-0.15, -0.1) is 0 Å². The molecule has 0 bridgehead atoms. The maximum atomic E-state index is 12.9. The number of alkyl halides is 3. The predicted molar refractivity (Wildman–Crippen MR) is 102 cm³/mol. The Hall–Kier alpha value is -2.32. The van der Waals surface area contributed by atoms with E-state index in [-0.39, 0.29) is 10.2 Å². The van der Waals surface area contributed by atoms with Crippen LogP contribution in [0.2, 0.25) is 0 Å². The van der Waals surface area contributed by atoms with Crippen molar-refractivity contribution < 1.29 is 25.8 Å². The van der Waals surface area contributed by atoms with Gasteiger partial charge < -0.3 is 4.18 Å². The Morgan fingerprint density at radius 2 is 1.19 bits per heavy atom. The Bertz CT molecular complexity index is 1280. The molecule has 0 fully saturated rings. The molecule has 4 aromatic carbocycles. The van der Waals surface area contributed by atoms with Crippen LogP contribution in [-0.2, 0) is 10.1 Å². The SMILES string of the molecule is O=S(=O)(Oc1c(Br)ccc2c3ccccc3c3ccccc3c12)C(F)(F)F. The molecule has 0 unspecified atom stereocenters. The molecule has 0 spiro atoms. The molecule has 0 heterocycles. The van der Waals surface area contributed by atoms with E-state index < -0.39 is 15.6 Å². The van der Waals surface area contributed by atoms with Crippen molar-refractivity contribution in [1.82, 2.24) is 0 Å². The fraction of sp³-hybridized carbons (Fsp3) is 0.0526. The van der Waals surface area contributed by atoms with Gasteiger partial charge in [-0.1, -0.05) is 54.6 Å². The van der Waals surface area contributed by atoms with Gasteiger partial charge >= 0.3 is 15.6 Å². The molecule has 0 aromatic heterocycles. The van der Waals surface area contributed by atoms with Crippen molar-refractivity contribution in [3.05, 3.63) is 65.1 Å². The van der Waals surface area contributed by atoms with Crippen LogP contribution in [0.3, 0.4) is 0 Å². The van der Waals surface area contributed by atoms with E-state index in [0.29, 0.717) is 16.2 Å². The van der Waals surface area contributed by atoms with Crippen LogP contribution in [0.4, 0.5) is 13.2 Å².